The molecule has 108 valence electrons. The molecule has 0 aliphatic rings. The van der Waals surface area contributed by atoms with E-state index in [1.807, 2.05) is 0 Å². The summed E-state index contributed by atoms with van der Waals surface area (Å²) in [5.74, 6) is -1.33. The molecule has 2 amide bonds. The van der Waals surface area contributed by atoms with Crippen LogP contribution >= 0.6 is 15.9 Å². The third-order valence-corrected chi connectivity index (χ3v) is 3.46. The van der Waals surface area contributed by atoms with Crippen molar-refractivity contribution < 1.29 is 14.0 Å². The molecule has 0 atom stereocenters. The number of benzene rings is 2. The Hall–Kier alpha value is -2.21. The zero-order chi connectivity index (χ0) is 15.4. The maximum atomic E-state index is 13.0. The first kappa shape index (κ1) is 15.2. The summed E-state index contributed by atoms with van der Waals surface area (Å²) < 4.78 is 13.4. The number of hydrogen-bond acceptors (Lipinski definition) is 2. The number of nitrogens with two attached hydrogens (primary N) is 1. The number of anilines is 1. The molecule has 0 bridgehead atoms. The maximum absolute atomic E-state index is 13.0. The van der Waals surface area contributed by atoms with Crippen molar-refractivity contribution in [3.05, 3.63) is 63.9 Å². The lowest BCUT2D eigenvalue weighted by Gasteiger charge is -2.11. The van der Waals surface area contributed by atoms with Gasteiger partial charge in [0.1, 0.15) is 5.82 Å². The predicted octanol–water partition coefficient (Wildman–Crippen LogP) is 2.87. The molecule has 0 saturated heterocycles. The zero-order valence-electron chi connectivity index (χ0n) is 10.9. The Kier molecular flexibility index (Phi) is 4.70. The van der Waals surface area contributed by atoms with Crippen molar-refractivity contribution in [2.24, 2.45) is 5.73 Å². The molecule has 0 aliphatic heterocycles. The number of halogens is 2. The first-order valence-electron chi connectivity index (χ1n) is 6.10. The lowest BCUT2D eigenvalue weighted by atomic mass is 10.1. The highest BCUT2D eigenvalue weighted by molar-refractivity contribution is 9.10. The molecule has 0 fully saturated rings. The van der Waals surface area contributed by atoms with Crippen LogP contribution < -0.4 is 11.1 Å². The van der Waals surface area contributed by atoms with Crippen molar-refractivity contribution in [3.8, 4) is 0 Å². The van der Waals surface area contributed by atoms with Crippen LogP contribution in [0.1, 0.15) is 15.9 Å². The topological polar surface area (TPSA) is 72.2 Å². The van der Waals surface area contributed by atoms with E-state index < -0.39 is 17.6 Å². The molecule has 0 aromatic heterocycles. The first-order chi connectivity index (χ1) is 9.97. The molecule has 6 heteroatoms. The molecule has 3 N–H and O–H groups in total. The maximum Gasteiger partial charge on any atom is 0.256 e. The van der Waals surface area contributed by atoms with Gasteiger partial charge in [0.25, 0.3) is 5.91 Å². The Bertz CT molecular complexity index is 704. The number of rotatable bonds is 4. The van der Waals surface area contributed by atoms with Crippen molar-refractivity contribution in [2.45, 2.75) is 6.42 Å². The van der Waals surface area contributed by atoms with E-state index in [0.717, 1.165) is 0 Å². The third kappa shape index (κ3) is 3.88. The summed E-state index contributed by atoms with van der Waals surface area (Å²) in [5, 5.41) is 2.69. The second-order valence-electron chi connectivity index (χ2n) is 4.38. The molecule has 21 heavy (non-hydrogen) atoms. The molecule has 4 nitrogen and oxygen atoms in total. The Balaban J connectivity index is 2.25. The summed E-state index contributed by atoms with van der Waals surface area (Å²) in [6.45, 7) is 0. The Morgan fingerprint density at radius 1 is 1.19 bits per heavy atom. The summed E-state index contributed by atoms with van der Waals surface area (Å²) in [5.41, 5.74) is 6.59. The zero-order valence-corrected chi connectivity index (χ0v) is 12.5. The lowest BCUT2D eigenvalue weighted by molar-refractivity contribution is -0.117. The van der Waals surface area contributed by atoms with Gasteiger partial charge in [0.15, 0.2) is 0 Å². The van der Waals surface area contributed by atoms with Crippen LogP contribution in [0.3, 0.4) is 0 Å². The van der Waals surface area contributed by atoms with Crippen LogP contribution in [0.4, 0.5) is 10.1 Å². The predicted molar refractivity (Wildman–Crippen MR) is 81.4 cm³/mol. The summed E-state index contributed by atoms with van der Waals surface area (Å²) in [6.07, 6.45) is 0.0288. The number of primary amides is 1. The van der Waals surface area contributed by atoms with E-state index in [1.54, 1.807) is 24.3 Å². The molecule has 0 spiro atoms. The number of amides is 2. The molecule has 2 aromatic rings. The molecular formula is C15H12BrFN2O2. The van der Waals surface area contributed by atoms with Gasteiger partial charge in [0.05, 0.1) is 12.0 Å². The molecule has 0 heterocycles. The van der Waals surface area contributed by atoms with Crippen molar-refractivity contribution in [3.63, 3.8) is 0 Å². The number of carbonyl (C=O) groups excluding carboxylic acids is 2. The summed E-state index contributed by atoms with van der Waals surface area (Å²) in [6, 6.07) is 10.7. The smallest absolute Gasteiger partial charge is 0.256 e. The lowest BCUT2D eigenvalue weighted by Crippen LogP contribution is -2.18. The standard InChI is InChI=1S/C15H12BrFN2O2/c16-12-8-10(17)5-6-11(12)15(21)19-13-4-2-1-3-9(13)7-14(18)20/h1-6,8H,7H2,(H2,18,20)(H,19,21). The number of nitrogens with one attached hydrogen (secondary N) is 1. The minimum absolute atomic E-state index is 0.0288. The van der Waals surface area contributed by atoms with Crippen molar-refractivity contribution in [2.75, 3.05) is 5.32 Å². The van der Waals surface area contributed by atoms with Crippen LogP contribution in [-0.4, -0.2) is 11.8 Å². The normalized spacial score (nSPS) is 10.2. The quantitative estimate of drug-likeness (QED) is 0.889. The van der Waals surface area contributed by atoms with Crippen LogP contribution in [0.25, 0.3) is 0 Å². The number of para-hydroxylation sites is 1. The van der Waals surface area contributed by atoms with Crippen LogP contribution in [0.5, 0.6) is 0 Å². The fourth-order valence-electron chi connectivity index (χ4n) is 1.85. The molecule has 2 rings (SSSR count). The van der Waals surface area contributed by atoms with E-state index in [-0.39, 0.29) is 6.42 Å². The van der Waals surface area contributed by atoms with Gasteiger partial charge in [-0.05, 0) is 45.8 Å². The fourth-order valence-corrected chi connectivity index (χ4v) is 2.38. The largest absolute Gasteiger partial charge is 0.369 e. The number of carbonyl (C=O) groups is 2. The van der Waals surface area contributed by atoms with E-state index in [2.05, 4.69) is 21.2 Å². The highest BCUT2D eigenvalue weighted by Crippen LogP contribution is 2.21. The Morgan fingerprint density at radius 3 is 2.57 bits per heavy atom. The van der Waals surface area contributed by atoms with Gasteiger partial charge in [-0.15, -0.1) is 0 Å². The molecular weight excluding hydrogens is 339 g/mol. The van der Waals surface area contributed by atoms with Crippen LogP contribution in [-0.2, 0) is 11.2 Å². The molecule has 0 radical (unpaired) electrons. The minimum atomic E-state index is -0.486. The van der Waals surface area contributed by atoms with Crippen molar-refractivity contribution in [1.29, 1.82) is 0 Å². The van der Waals surface area contributed by atoms with E-state index >= 15 is 0 Å². The van der Waals surface area contributed by atoms with E-state index in [4.69, 9.17) is 5.73 Å². The molecule has 0 unspecified atom stereocenters. The van der Waals surface area contributed by atoms with Gasteiger partial charge >= 0.3 is 0 Å². The Labute approximate surface area is 129 Å². The van der Waals surface area contributed by atoms with Crippen LogP contribution in [0, 0.1) is 5.82 Å². The first-order valence-corrected chi connectivity index (χ1v) is 6.89. The fraction of sp³-hybridized carbons (Fsp3) is 0.0667. The van der Waals surface area contributed by atoms with E-state index in [9.17, 15) is 14.0 Å². The van der Waals surface area contributed by atoms with Gasteiger partial charge < -0.3 is 11.1 Å². The van der Waals surface area contributed by atoms with Gasteiger partial charge in [-0.1, -0.05) is 18.2 Å². The van der Waals surface area contributed by atoms with Gasteiger partial charge in [0.2, 0.25) is 5.91 Å². The molecule has 0 aliphatic carbocycles. The van der Waals surface area contributed by atoms with E-state index in [0.29, 0.717) is 21.3 Å². The highest BCUT2D eigenvalue weighted by atomic mass is 79.9. The highest BCUT2D eigenvalue weighted by Gasteiger charge is 2.13. The summed E-state index contributed by atoms with van der Waals surface area (Å²) in [4.78, 5) is 23.2. The van der Waals surface area contributed by atoms with Gasteiger partial charge in [-0.25, -0.2) is 4.39 Å². The van der Waals surface area contributed by atoms with E-state index in [1.165, 1.54) is 18.2 Å². The van der Waals surface area contributed by atoms with Gasteiger partial charge in [-0.2, -0.15) is 0 Å². The van der Waals surface area contributed by atoms with Crippen molar-refractivity contribution >= 4 is 33.4 Å². The number of hydrogen-bond donors (Lipinski definition) is 2. The van der Waals surface area contributed by atoms with Crippen LogP contribution in [0.15, 0.2) is 46.9 Å². The van der Waals surface area contributed by atoms with Crippen LogP contribution in [0.2, 0.25) is 0 Å². The molecule has 0 saturated carbocycles. The summed E-state index contributed by atoms with van der Waals surface area (Å²) in [7, 11) is 0. The molecule has 2 aromatic carbocycles. The second kappa shape index (κ2) is 6.49. The monoisotopic (exact) mass is 350 g/mol. The SMILES string of the molecule is NC(=O)Cc1ccccc1NC(=O)c1ccc(F)cc1Br. The van der Waals surface area contributed by atoms with Crippen molar-refractivity contribution in [1.82, 2.24) is 0 Å². The Morgan fingerprint density at radius 2 is 1.90 bits per heavy atom. The van der Waals surface area contributed by atoms with Gasteiger partial charge in [0, 0.05) is 10.2 Å². The average molecular weight is 351 g/mol. The van der Waals surface area contributed by atoms with Gasteiger partial charge in [-0.3, -0.25) is 9.59 Å². The second-order valence-corrected chi connectivity index (χ2v) is 5.23. The minimum Gasteiger partial charge on any atom is -0.369 e. The average Bonchev–Trinajstić information content (AvgIpc) is 2.40. The summed E-state index contributed by atoms with van der Waals surface area (Å²) >= 11 is 3.14. The third-order valence-electron chi connectivity index (χ3n) is 2.81.